The van der Waals surface area contributed by atoms with Gasteiger partial charge in [0.2, 0.25) is 11.6 Å². The highest BCUT2D eigenvalue weighted by Gasteiger charge is 2.22. The molecule has 0 saturated carbocycles. The van der Waals surface area contributed by atoms with E-state index in [-0.39, 0.29) is 23.1 Å². The van der Waals surface area contributed by atoms with Crippen molar-refractivity contribution in [3.05, 3.63) is 40.7 Å². The van der Waals surface area contributed by atoms with Crippen molar-refractivity contribution in [3.63, 3.8) is 0 Å². The summed E-state index contributed by atoms with van der Waals surface area (Å²) in [5.74, 6) is -0.749. The second-order valence-electron chi connectivity index (χ2n) is 3.71. The van der Waals surface area contributed by atoms with E-state index < -0.39 is 17.2 Å². The third kappa shape index (κ3) is 3.29. The van der Waals surface area contributed by atoms with Gasteiger partial charge in [0.15, 0.2) is 0 Å². The summed E-state index contributed by atoms with van der Waals surface area (Å²) in [6.45, 7) is -3.03. The molecule has 0 radical (unpaired) electrons. The predicted molar refractivity (Wildman–Crippen MR) is 69.5 cm³/mol. The molecule has 0 spiro atoms. The number of halogens is 2. The van der Waals surface area contributed by atoms with Crippen molar-refractivity contribution >= 4 is 23.0 Å². The van der Waals surface area contributed by atoms with Crippen LogP contribution in [0.1, 0.15) is 0 Å². The maximum Gasteiger partial charge on any atom is 0.387 e. The predicted octanol–water partition coefficient (Wildman–Crippen LogP) is 2.31. The molecule has 0 amide bonds. The van der Waals surface area contributed by atoms with Gasteiger partial charge in [0.25, 0.3) is 0 Å². The van der Waals surface area contributed by atoms with E-state index in [9.17, 15) is 18.9 Å². The Labute approximate surface area is 116 Å². The summed E-state index contributed by atoms with van der Waals surface area (Å²) in [5, 5.41) is 13.5. The van der Waals surface area contributed by atoms with Crippen molar-refractivity contribution in [1.29, 1.82) is 0 Å². The summed E-state index contributed by atoms with van der Waals surface area (Å²) in [6, 6.07) is 5.70. The average Bonchev–Trinajstić information content (AvgIpc) is 2.40. The van der Waals surface area contributed by atoms with Crippen LogP contribution in [0.5, 0.6) is 5.75 Å². The molecule has 2 aromatic rings. The topological polar surface area (TPSA) is 116 Å². The first kappa shape index (κ1) is 14.4. The molecule has 0 aliphatic carbocycles. The lowest BCUT2D eigenvalue weighted by Crippen LogP contribution is -2.07. The third-order valence-corrected chi connectivity index (χ3v) is 2.39. The van der Waals surface area contributed by atoms with E-state index in [1.807, 2.05) is 0 Å². The van der Waals surface area contributed by atoms with Crippen LogP contribution in [0.4, 0.5) is 31.8 Å². The Balaban J connectivity index is 2.39. The molecular weight excluding hydrogens is 288 g/mol. The highest BCUT2D eigenvalue weighted by molar-refractivity contribution is 5.74. The Morgan fingerprint density at radius 3 is 2.71 bits per heavy atom. The summed E-state index contributed by atoms with van der Waals surface area (Å²) in [5.41, 5.74) is 4.94. The molecule has 1 aromatic heterocycles. The summed E-state index contributed by atoms with van der Waals surface area (Å²) in [4.78, 5) is 17.4. The standard InChI is InChI=1S/C11H9F2N5O3/c12-11(13)21-7-4-2-1-3-6(7)17-10-8(18(19)20)9(14)15-5-16-10/h1-5,11H,(H3,14,15,16,17). The number of ether oxygens (including phenoxy) is 1. The number of nitro groups is 1. The number of nitrogens with two attached hydrogens (primary N) is 1. The summed E-state index contributed by atoms with van der Waals surface area (Å²) >= 11 is 0. The van der Waals surface area contributed by atoms with Gasteiger partial charge in [0.05, 0.1) is 10.6 Å². The maximum absolute atomic E-state index is 12.3. The van der Waals surface area contributed by atoms with Crippen LogP contribution in [0.3, 0.4) is 0 Å². The number of hydrogen-bond donors (Lipinski definition) is 2. The molecule has 21 heavy (non-hydrogen) atoms. The molecule has 0 fully saturated rings. The molecular formula is C11H9F2N5O3. The summed E-state index contributed by atoms with van der Waals surface area (Å²) < 4.78 is 28.9. The SMILES string of the molecule is Nc1ncnc(Nc2ccccc2OC(F)F)c1[N+](=O)[O-]. The molecule has 8 nitrogen and oxygen atoms in total. The second-order valence-corrected chi connectivity index (χ2v) is 3.71. The molecule has 0 unspecified atom stereocenters. The van der Waals surface area contributed by atoms with Crippen molar-refractivity contribution in [2.24, 2.45) is 0 Å². The van der Waals surface area contributed by atoms with E-state index in [0.717, 1.165) is 6.33 Å². The fourth-order valence-corrected chi connectivity index (χ4v) is 1.56. The van der Waals surface area contributed by atoms with Crippen LogP contribution in [0.2, 0.25) is 0 Å². The number of nitrogen functional groups attached to an aromatic ring is 1. The molecule has 0 saturated heterocycles. The molecule has 0 aliphatic heterocycles. The van der Waals surface area contributed by atoms with E-state index in [4.69, 9.17) is 5.73 Å². The Morgan fingerprint density at radius 2 is 2.05 bits per heavy atom. The first-order chi connectivity index (χ1) is 9.99. The Morgan fingerprint density at radius 1 is 1.33 bits per heavy atom. The van der Waals surface area contributed by atoms with Crippen LogP contribution in [0.15, 0.2) is 30.6 Å². The number of aromatic nitrogens is 2. The minimum atomic E-state index is -3.03. The first-order valence-electron chi connectivity index (χ1n) is 5.54. The number of para-hydroxylation sites is 2. The lowest BCUT2D eigenvalue weighted by molar-refractivity contribution is -0.383. The highest BCUT2D eigenvalue weighted by atomic mass is 19.3. The smallest absolute Gasteiger partial charge is 0.387 e. The van der Waals surface area contributed by atoms with Crippen molar-refractivity contribution in [1.82, 2.24) is 9.97 Å². The lowest BCUT2D eigenvalue weighted by Gasteiger charge is -2.12. The van der Waals surface area contributed by atoms with Crippen LogP contribution in [-0.4, -0.2) is 21.5 Å². The van der Waals surface area contributed by atoms with Gasteiger partial charge in [0, 0.05) is 0 Å². The van der Waals surface area contributed by atoms with E-state index in [1.165, 1.54) is 24.3 Å². The Bertz CT molecular complexity index is 668. The summed E-state index contributed by atoms with van der Waals surface area (Å²) in [6.07, 6.45) is 1.02. The normalized spacial score (nSPS) is 10.4. The molecule has 0 bridgehead atoms. The molecule has 3 N–H and O–H groups in total. The van der Waals surface area contributed by atoms with Crippen LogP contribution in [0.25, 0.3) is 0 Å². The molecule has 0 aliphatic rings. The van der Waals surface area contributed by atoms with Gasteiger partial charge in [-0.3, -0.25) is 10.1 Å². The lowest BCUT2D eigenvalue weighted by atomic mass is 10.3. The zero-order chi connectivity index (χ0) is 15.4. The van der Waals surface area contributed by atoms with Gasteiger partial charge in [-0.05, 0) is 12.1 Å². The molecule has 2 rings (SSSR count). The van der Waals surface area contributed by atoms with Crippen LogP contribution < -0.4 is 15.8 Å². The second kappa shape index (κ2) is 5.94. The number of nitrogens with zero attached hydrogens (tertiary/aromatic N) is 3. The summed E-state index contributed by atoms with van der Waals surface area (Å²) in [7, 11) is 0. The van der Waals surface area contributed by atoms with E-state index in [2.05, 4.69) is 20.0 Å². The van der Waals surface area contributed by atoms with Gasteiger partial charge in [-0.25, -0.2) is 9.97 Å². The van der Waals surface area contributed by atoms with Crippen molar-refractivity contribution in [2.75, 3.05) is 11.1 Å². The van der Waals surface area contributed by atoms with E-state index >= 15 is 0 Å². The van der Waals surface area contributed by atoms with Crippen molar-refractivity contribution in [2.45, 2.75) is 6.61 Å². The monoisotopic (exact) mass is 297 g/mol. The van der Waals surface area contributed by atoms with Crippen LogP contribution in [-0.2, 0) is 0 Å². The zero-order valence-corrected chi connectivity index (χ0v) is 10.4. The number of anilines is 3. The van der Waals surface area contributed by atoms with Gasteiger partial charge in [-0.1, -0.05) is 12.1 Å². The van der Waals surface area contributed by atoms with Crippen molar-refractivity contribution < 1.29 is 18.4 Å². The van der Waals surface area contributed by atoms with Gasteiger partial charge >= 0.3 is 12.3 Å². The molecule has 10 heteroatoms. The van der Waals surface area contributed by atoms with Crippen molar-refractivity contribution in [3.8, 4) is 5.75 Å². The Hall–Kier alpha value is -3.04. The number of alkyl halides is 2. The molecule has 0 atom stereocenters. The third-order valence-electron chi connectivity index (χ3n) is 2.39. The first-order valence-corrected chi connectivity index (χ1v) is 5.54. The van der Waals surface area contributed by atoms with Crippen LogP contribution >= 0.6 is 0 Å². The number of hydrogen-bond acceptors (Lipinski definition) is 7. The van der Waals surface area contributed by atoms with E-state index in [0.29, 0.717) is 0 Å². The molecule has 110 valence electrons. The quantitative estimate of drug-likeness (QED) is 0.642. The minimum Gasteiger partial charge on any atom is -0.433 e. The molecule has 1 heterocycles. The Kier molecular flexibility index (Phi) is 4.07. The van der Waals surface area contributed by atoms with Gasteiger partial charge < -0.3 is 15.8 Å². The largest absolute Gasteiger partial charge is 0.433 e. The van der Waals surface area contributed by atoms with E-state index in [1.54, 1.807) is 0 Å². The number of benzene rings is 1. The average molecular weight is 297 g/mol. The molecule has 1 aromatic carbocycles. The van der Waals surface area contributed by atoms with Crippen LogP contribution in [0, 0.1) is 10.1 Å². The number of nitrogens with one attached hydrogen (secondary N) is 1. The zero-order valence-electron chi connectivity index (χ0n) is 10.4. The number of rotatable bonds is 5. The fourth-order valence-electron chi connectivity index (χ4n) is 1.56. The van der Waals surface area contributed by atoms with Gasteiger partial charge in [-0.2, -0.15) is 8.78 Å². The highest BCUT2D eigenvalue weighted by Crippen LogP contribution is 2.33. The van der Waals surface area contributed by atoms with Gasteiger partial charge in [-0.15, -0.1) is 0 Å². The fraction of sp³-hybridized carbons (Fsp3) is 0.0909. The van der Waals surface area contributed by atoms with Gasteiger partial charge in [0.1, 0.15) is 12.1 Å². The minimum absolute atomic E-state index is 0.0824. The maximum atomic E-state index is 12.3.